The Balaban J connectivity index is 1.71. The molecular formula is C16H10F4N4O2S. The maximum Gasteiger partial charge on any atom is 0.573 e. The number of nitrogens with one attached hydrogen (secondary N) is 2. The van der Waals surface area contributed by atoms with Gasteiger partial charge in [0.25, 0.3) is 0 Å². The van der Waals surface area contributed by atoms with E-state index in [1.807, 2.05) is 0 Å². The standard InChI is InChI=1S/C16H10F4N4O2S/c17-8-1-6-12-11(7-8)13(14(25)22-12)23-24-15(27)21-9-2-4-10(5-3-9)26-16(18,19)20/h1-7,22,25H,(H,21,27). The van der Waals surface area contributed by atoms with Crippen LogP contribution >= 0.6 is 12.2 Å². The van der Waals surface area contributed by atoms with Gasteiger partial charge in [-0.15, -0.1) is 23.4 Å². The molecule has 0 aliphatic carbocycles. The minimum Gasteiger partial charge on any atom is -0.493 e. The van der Waals surface area contributed by atoms with E-state index >= 15 is 0 Å². The summed E-state index contributed by atoms with van der Waals surface area (Å²) in [4.78, 5) is 2.62. The Morgan fingerprint density at radius 3 is 2.52 bits per heavy atom. The summed E-state index contributed by atoms with van der Waals surface area (Å²) in [5.41, 5.74) is 0.812. The average Bonchev–Trinajstić information content (AvgIpc) is 2.88. The Bertz CT molecular complexity index is 1020. The first-order valence-electron chi connectivity index (χ1n) is 7.30. The van der Waals surface area contributed by atoms with Crippen LogP contribution in [0.3, 0.4) is 0 Å². The number of H-pyrrole nitrogens is 1. The number of anilines is 1. The Hall–Kier alpha value is -3.21. The van der Waals surface area contributed by atoms with Gasteiger partial charge in [0, 0.05) is 11.1 Å². The number of hydrogen-bond donors (Lipinski definition) is 3. The van der Waals surface area contributed by atoms with Gasteiger partial charge in [-0.2, -0.15) is 0 Å². The van der Waals surface area contributed by atoms with Gasteiger partial charge in [0.1, 0.15) is 11.6 Å². The van der Waals surface area contributed by atoms with Gasteiger partial charge in [-0.1, -0.05) is 0 Å². The van der Waals surface area contributed by atoms with Gasteiger partial charge in [0.05, 0.1) is 5.52 Å². The van der Waals surface area contributed by atoms with Crippen molar-refractivity contribution in [2.45, 2.75) is 6.36 Å². The molecule has 1 aromatic heterocycles. The fraction of sp³-hybridized carbons (Fsp3) is 0.0625. The number of hydrogen-bond acceptors (Lipinski definition) is 4. The zero-order valence-electron chi connectivity index (χ0n) is 13.2. The number of ether oxygens (including phenoxy) is 1. The molecule has 0 unspecified atom stereocenters. The number of nitrogens with zero attached hydrogens (tertiary/aromatic N) is 2. The molecule has 27 heavy (non-hydrogen) atoms. The molecule has 0 bridgehead atoms. The van der Waals surface area contributed by atoms with Gasteiger partial charge in [-0.05, 0) is 54.7 Å². The van der Waals surface area contributed by atoms with Crippen molar-refractivity contribution in [2.75, 3.05) is 5.32 Å². The average molecular weight is 398 g/mol. The summed E-state index contributed by atoms with van der Waals surface area (Å²) in [7, 11) is 0. The van der Waals surface area contributed by atoms with Crippen molar-refractivity contribution < 1.29 is 27.4 Å². The van der Waals surface area contributed by atoms with Crippen LogP contribution in [0.2, 0.25) is 0 Å². The Labute approximate surface area is 154 Å². The van der Waals surface area contributed by atoms with Crippen LogP contribution in [0.5, 0.6) is 11.6 Å². The predicted molar refractivity (Wildman–Crippen MR) is 93.8 cm³/mol. The number of benzene rings is 2. The largest absolute Gasteiger partial charge is 0.573 e. The highest BCUT2D eigenvalue weighted by Gasteiger charge is 2.30. The lowest BCUT2D eigenvalue weighted by atomic mass is 10.2. The molecule has 0 fully saturated rings. The molecule has 11 heteroatoms. The van der Waals surface area contributed by atoms with Crippen molar-refractivity contribution >= 4 is 39.6 Å². The topological polar surface area (TPSA) is 82.0 Å². The van der Waals surface area contributed by atoms with Crippen LogP contribution in [0, 0.1) is 5.82 Å². The Kier molecular flexibility index (Phi) is 4.95. The lowest BCUT2D eigenvalue weighted by Gasteiger charge is -2.09. The number of fused-ring (bicyclic) bond motifs is 1. The SMILES string of the molecule is Oc1[nH]c2ccc(F)cc2c1N=NC(=S)Nc1ccc(OC(F)(F)F)cc1. The number of azo groups is 1. The molecule has 140 valence electrons. The number of aromatic hydroxyl groups is 1. The van der Waals surface area contributed by atoms with E-state index in [1.165, 1.54) is 30.3 Å². The van der Waals surface area contributed by atoms with E-state index in [1.54, 1.807) is 0 Å². The van der Waals surface area contributed by atoms with Crippen molar-refractivity contribution in [3.8, 4) is 11.6 Å². The fourth-order valence-electron chi connectivity index (χ4n) is 2.22. The van der Waals surface area contributed by atoms with E-state index in [4.69, 9.17) is 12.2 Å². The van der Waals surface area contributed by atoms with Gasteiger partial charge >= 0.3 is 6.36 Å². The van der Waals surface area contributed by atoms with Crippen LogP contribution in [-0.2, 0) is 0 Å². The van der Waals surface area contributed by atoms with E-state index in [0.717, 1.165) is 12.1 Å². The van der Waals surface area contributed by atoms with E-state index in [0.29, 0.717) is 16.6 Å². The summed E-state index contributed by atoms with van der Waals surface area (Å²) in [6.45, 7) is 0. The second kappa shape index (κ2) is 7.19. The van der Waals surface area contributed by atoms with Crippen LogP contribution in [0.15, 0.2) is 52.7 Å². The summed E-state index contributed by atoms with van der Waals surface area (Å²) in [6.07, 6.45) is -4.78. The summed E-state index contributed by atoms with van der Waals surface area (Å²) in [5, 5.41) is 20.2. The van der Waals surface area contributed by atoms with Crippen molar-refractivity contribution in [1.82, 2.24) is 4.98 Å². The lowest BCUT2D eigenvalue weighted by molar-refractivity contribution is -0.274. The quantitative estimate of drug-likeness (QED) is 0.314. The first-order chi connectivity index (χ1) is 12.7. The molecule has 0 radical (unpaired) electrons. The van der Waals surface area contributed by atoms with Crippen LogP contribution in [0.4, 0.5) is 28.9 Å². The highest BCUT2D eigenvalue weighted by molar-refractivity contribution is 7.80. The Morgan fingerprint density at radius 1 is 1.15 bits per heavy atom. The molecule has 3 rings (SSSR count). The van der Waals surface area contributed by atoms with Gasteiger partial charge in [0.15, 0.2) is 5.69 Å². The first kappa shape index (κ1) is 18.6. The highest BCUT2D eigenvalue weighted by atomic mass is 32.1. The summed E-state index contributed by atoms with van der Waals surface area (Å²) in [6, 6.07) is 8.65. The number of rotatable bonds is 3. The summed E-state index contributed by atoms with van der Waals surface area (Å²) < 4.78 is 53.5. The van der Waals surface area contributed by atoms with Gasteiger partial charge in [-0.3, -0.25) is 0 Å². The van der Waals surface area contributed by atoms with Crippen LogP contribution in [-0.4, -0.2) is 21.6 Å². The molecule has 6 nitrogen and oxygen atoms in total. The molecule has 0 spiro atoms. The number of aromatic nitrogens is 1. The second-order valence-corrected chi connectivity index (χ2v) is 5.60. The van der Waals surface area contributed by atoms with Crippen LogP contribution < -0.4 is 10.1 Å². The molecule has 0 saturated heterocycles. The predicted octanol–water partition coefficient (Wildman–Crippen LogP) is 5.39. The third kappa shape index (κ3) is 4.70. The fourth-order valence-corrected chi connectivity index (χ4v) is 2.38. The number of alkyl halides is 3. The molecular weight excluding hydrogens is 388 g/mol. The van der Waals surface area contributed by atoms with Crippen molar-refractivity contribution in [2.24, 2.45) is 10.2 Å². The molecule has 0 atom stereocenters. The summed E-state index contributed by atoms with van der Waals surface area (Å²) >= 11 is 4.97. The van der Waals surface area contributed by atoms with Gasteiger partial charge in [0.2, 0.25) is 11.0 Å². The number of halogens is 4. The van der Waals surface area contributed by atoms with E-state index in [-0.39, 0.29) is 22.4 Å². The second-order valence-electron chi connectivity index (χ2n) is 5.21. The minimum absolute atomic E-state index is 0.00238. The minimum atomic E-state index is -4.78. The molecule has 2 aromatic carbocycles. The first-order valence-corrected chi connectivity index (χ1v) is 7.71. The monoisotopic (exact) mass is 398 g/mol. The third-order valence-electron chi connectivity index (χ3n) is 3.29. The third-order valence-corrected chi connectivity index (χ3v) is 3.48. The maximum atomic E-state index is 13.4. The molecule has 0 aliphatic heterocycles. The smallest absolute Gasteiger partial charge is 0.493 e. The normalized spacial score (nSPS) is 11.9. The zero-order valence-corrected chi connectivity index (χ0v) is 14.0. The summed E-state index contributed by atoms with van der Waals surface area (Å²) in [5.74, 6) is -1.21. The molecule has 0 amide bonds. The van der Waals surface area contributed by atoms with Gasteiger partial charge < -0.3 is 20.1 Å². The van der Waals surface area contributed by atoms with E-state index < -0.39 is 12.2 Å². The lowest BCUT2D eigenvalue weighted by Crippen LogP contribution is -2.17. The highest BCUT2D eigenvalue weighted by Crippen LogP contribution is 2.35. The van der Waals surface area contributed by atoms with Gasteiger partial charge in [-0.25, -0.2) is 4.39 Å². The maximum absolute atomic E-state index is 13.4. The molecule has 1 heterocycles. The molecule has 3 N–H and O–H groups in total. The molecule has 0 saturated carbocycles. The molecule has 3 aromatic rings. The van der Waals surface area contributed by atoms with Crippen molar-refractivity contribution in [3.05, 3.63) is 48.3 Å². The molecule has 0 aliphatic rings. The Morgan fingerprint density at radius 2 is 1.85 bits per heavy atom. The van der Waals surface area contributed by atoms with Crippen molar-refractivity contribution in [1.29, 1.82) is 0 Å². The van der Waals surface area contributed by atoms with Crippen molar-refractivity contribution in [3.63, 3.8) is 0 Å². The zero-order chi connectivity index (χ0) is 19.6. The van der Waals surface area contributed by atoms with E-state index in [9.17, 15) is 22.7 Å². The van der Waals surface area contributed by atoms with Crippen LogP contribution in [0.25, 0.3) is 10.9 Å². The van der Waals surface area contributed by atoms with Crippen LogP contribution in [0.1, 0.15) is 0 Å². The number of aromatic amines is 1. The number of thiocarbonyl (C=S) groups is 1. The van der Waals surface area contributed by atoms with E-state index in [2.05, 4.69) is 25.3 Å².